The van der Waals surface area contributed by atoms with Crippen LogP contribution in [0.15, 0.2) is 16.6 Å². The third-order valence-electron chi connectivity index (χ3n) is 3.04. The Hall–Kier alpha value is -1.82. The van der Waals surface area contributed by atoms with Crippen molar-refractivity contribution in [1.29, 1.82) is 5.26 Å². The van der Waals surface area contributed by atoms with Crippen LogP contribution in [0.1, 0.15) is 17.5 Å². The molecule has 0 unspecified atom stereocenters. The zero-order chi connectivity index (χ0) is 10.3. The standard InChI is InChI=1S/C12H11N3/c13-7-8-3-4-9-10-2-1-5-14-12(10)15-11(9)6-8/h3,6H,1-2,4-5H2,(H,14,15). The average molecular weight is 197 g/mol. The SMILES string of the molecule is N#CC1=CCc2c3c([nH]c2=C1)=NCCC3. The monoisotopic (exact) mass is 197 g/mol. The van der Waals surface area contributed by atoms with Crippen molar-refractivity contribution in [3.8, 4) is 6.07 Å². The van der Waals surface area contributed by atoms with E-state index in [1.165, 1.54) is 11.1 Å². The minimum absolute atomic E-state index is 0.751. The number of nitrogens with zero attached hydrogens (tertiary/aromatic N) is 2. The van der Waals surface area contributed by atoms with Gasteiger partial charge in [0.25, 0.3) is 0 Å². The van der Waals surface area contributed by atoms with Crippen molar-refractivity contribution in [2.75, 3.05) is 6.54 Å². The summed E-state index contributed by atoms with van der Waals surface area (Å²) in [5, 5.41) is 9.92. The van der Waals surface area contributed by atoms with Gasteiger partial charge in [0.2, 0.25) is 0 Å². The van der Waals surface area contributed by atoms with Crippen LogP contribution in [0, 0.1) is 11.3 Å². The highest BCUT2D eigenvalue weighted by atomic mass is 14.9. The number of hydrogen-bond acceptors (Lipinski definition) is 2. The van der Waals surface area contributed by atoms with Crippen LogP contribution in [-0.4, -0.2) is 11.5 Å². The van der Waals surface area contributed by atoms with Gasteiger partial charge in [-0.3, -0.25) is 4.99 Å². The summed E-state index contributed by atoms with van der Waals surface area (Å²) in [6, 6.07) is 2.18. The third-order valence-corrected chi connectivity index (χ3v) is 3.04. The minimum atomic E-state index is 0.751. The molecule has 1 aromatic rings. The molecule has 0 bridgehead atoms. The largest absolute Gasteiger partial charge is 0.340 e. The number of allylic oxidation sites excluding steroid dienone is 2. The van der Waals surface area contributed by atoms with Gasteiger partial charge < -0.3 is 4.98 Å². The van der Waals surface area contributed by atoms with Crippen molar-refractivity contribution in [1.82, 2.24) is 4.98 Å². The van der Waals surface area contributed by atoms with E-state index in [1.807, 2.05) is 12.2 Å². The quantitative estimate of drug-likeness (QED) is 0.641. The number of aromatic amines is 1. The van der Waals surface area contributed by atoms with E-state index in [9.17, 15) is 0 Å². The molecule has 3 rings (SSSR count). The van der Waals surface area contributed by atoms with E-state index in [0.29, 0.717) is 0 Å². The fourth-order valence-corrected chi connectivity index (χ4v) is 2.30. The molecule has 15 heavy (non-hydrogen) atoms. The van der Waals surface area contributed by atoms with Crippen LogP contribution < -0.4 is 10.8 Å². The van der Waals surface area contributed by atoms with Gasteiger partial charge >= 0.3 is 0 Å². The van der Waals surface area contributed by atoms with Crippen molar-refractivity contribution >= 4 is 6.08 Å². The summed E-state index contributed by atoms with van der Waals surface area (Å²) in [5.74, 6) is 0. The first-order valence-electron chi connectivity index (χ1n) is 5.24. The van der Waals surface area contributed by atoms with E-state index in [0.717, 1.165) is 42.2 Å². The van der Waals surface area contributed by atoms with Crippen molar-refractivity contribution in [3.05, 3.63) is 33.6 Å². The highest BCUT2D eigenvalue weighted by molar-refractivity contribution is 5.58. The smallest absolute Gasteiger partial charge is 0.128 e. The highest BCUT2D eigenvalue weighted by Gasteiger charge is 2.14. The number of nitrogens with one attached hydrogen (secondary N) is 1. The summed E-state index contributed by atoms with van der Waals surface area (Å²) in [4.78, 5) is 7.77. The Morgan fingerprint density at radius 1 is 1.40 bits per heavy atom. The lowest BCUT2D eigenvalue weighted by Crippen LogP contribution is -2.16. The summed E-state index contributed by atoms with van der Waals surface area (Å²) in [6.07, 6.45) is 7.05. The van der Waals surface area contributed by atoms with E-state index in [-0.39, 0.29) is 0 Å². The van der Waals surface area contributed by atoms with Gasteiger partial charge in [-0.05, 0) is 30.9 Å². The Kier molecular flexibility index (Phi) is 1.75. The van der Waals surface area contributed by atoms with Crippen LogP contribution in [-0.2, 0) is 12.8 Å². The number of nitriles is 1. The van der Waals surface area contributed by atoms with E-state index in [1.54, 1.807) is 0 Å². The lowest BCUT2D eigenvalue weighted by atomic mass is 9.99. The van der Waals surface area contributed by atoms with Crippen LogP contribution >= 0.6 is 0 Å². The van der Waals surface area contributed by atoms with Gasteiger partial charge in [-0.2, -0.15) is 5.26 Å². The second-order valence-corrected chi connectivity index (χ2v) is 3.95. The van der Waals surface area contributed by atoms with Crippen molar-refractivity contribution in [2.24, 2.45) is 4.99 Å². The second kappa shape index (κ2) is 3.09. The molecule has 3 heteroatoms. The lowest BCUT2D eigenvalue weighted by Gasteiger charge is -2.06. The lowest BCUT2D eigenvalue weighted by molar-refractivity contribution is 0.756. The molecule has 0 spiro atoms. The Morgan fingerprint density at radius 3 is 3.20 bits per heavy atom. The van der Waals surface area contributed by atoms with E-state index >= 15 is 0 Å². The van der Waals surface area contributed by atoms with Gasteiger partial charge in [0.05, 0.1) is 11.6 Å². The second-order valence-electron chi connectivity index (χ2n) is 3.95. The first-order valence-corrected chi connectivity index (χ1v) is 5.24. The fourth-order valence-electron chi connectivity index (χ4n) is 2.30. The Balaban J connectivity index is 2.27. The maximum absolute atomic E-state index is 8.83. The third kappa shape index (κ3) is 1.22. The highest BCUT2D eigenvalue weighted by Crippen LogP contribution is 2.12. The first kappa shape index (κ1) is 8.49. The average Bonchev–Trinajstić information content (AvgIpc) is 2.66. The van der Waals surface area contributed by atoms with Crippen molar-refractivity contribution in [3.63, 3.8) is 0 Å². The molecule has 0 atom stereocenters. The molecule has 0 fully saturated rings. The zero-order valence-electron chi connectivity index (χ0n) is 8.38. The summed E-state index contributed by atoms with van der Waals surface area (Å²) >= 11 is 0. The molecule has 1 N–H and O–H groups in total. The van der Waals surface area contributed by atoms with Crippen LogP contribution in [0.2, 0.25) is 0 Å². The Morgan fingerprint density at radius 2 is 2.33 bits per heavy atom. The fraction of sp³-hybridized carbons (Fsp3) is 0.333. The van der Waals surface area contributed by atoms with Gasteiger partial charge in [-0.25, -0.2) is 0 Å². The molecule has 1 aromatic heterocycles. The van der Waals surface area contributed by atoms with Crippen LogP contribution in [0.3, 0.4) is 0 Å². The summed E-state index contributed by atoms with van der Waals surface area (Å²) in [7, 11) is 0. The Labute approximate surface area is 87.5 Å². The number of aromatic nitrogens is 1. The normalized spacial score (nSPS) is 17.7. The van der Waals surface area contributed by atoms with Gasteiger partial charge in [0.1, 0.15) is 5.49 Å². The number of H-pyrrole nitrogens is 1. The maximum atomic E-state index is 8.83. The van der Waals surface area contributed by atoms with E-state index in [4.69, 9.17) is 5.26 Å². The molecule has 3 nitrogen and oxygen atoms in total. The summed E-state index contributed by atoms with van der Waals surface area (Å²) in [6.45, 7) is 0.922. The first-order chi connectivity index (χ1) is 7.38. The Bertz CT molecular complexity index is 596. The number of fused-ring (bicyclic) bond motifs is 3. The molecule has 2 aliphatic rings. The maximum Gasteiger partial charge on any atom is 0.128 e. The summed E-state index contributed by atoms with van der Waals surface area (Å²) < 4.78 is 0. The molecule has 74 valence electrons. The molecular formula is C12H11N3. The minimum Gasteiger partial charge on any atom is -0.340 e. The molecule has 0 saturated heterocycles. The molecule has 2 heterocycles. The van der Waals surface area contributed by atoms with Crippen molar-refractivity contribution < 1.29 is 0 Å². The number of hydrogen-bond donors (Lipinski definition) is 1. The number of rotatable bonds is 0. The molecule has 0 saturated carbocycles. The molecular weight excluding hydrogens is 186 g/mol. The van der Waals surface area contributed by atoms with Gasteiger partial charge in [0, 0.05) is 17.5 Å². The molecule has 0 aromatic carbocycles. The van der Waals surface area contributed by atoms with Crippen LogP contribution in [0.5, 0.6) is 0 Å². The van der Waals surface area contributed by atoms with Gasteiger partial charge in [0.15, 0.2) is 0 Å². The topological polar surface area (TPSA) is 51.9 Å². The summed E-state index contributed by atoms with van der Waals surface area (Å²) in [5.41, 5.74) is 4.49. The van der Waals surface area contributed by atoms with E-state index in [2.05, 4.69) is 16.0 Å². The van der Waals surface area contributed by atoms with Crippen molar-refractivity contribution in [2.45, 2.75) is 19.3 Å². The van der Waals surface area contributed by atoms with E-state index < -0.39 is 0 Å². The predicted octanol–water partition coefficient (Wildman–Crippen LogP) is 0.367. The zero-order valence-corrected chi connectivity index (χ0v) is 8.38. The predicted molar refractivity (Wildman–Crippen MR) is 56.6 cm³/mol. The molecule has 0 radical (unpaired) electrons. The van der Waals surface area contributed by atoms with Crippen LogP contribution in [0.4, 0.5) is 0 Å². The molecule has 0 amide bonds. The van der Waals surface area contributed by atoms with Crippen LogP contribution in [0.25, 0.3) is 6.08 Å². The van der Waals surface area contributed by atoms with Gasteiger partial charge in [-0.15, -0.1) is 0 Å². The molecule has 1 aliphatic heterocycles. The molecule has 1 aliphatic carbocycles. The van der Waals surface area contributed by atoms with Gasteiger partial charge in [-0.1, -0.05) is 6.08 Å².